The van der Waals surface area contributed by atoms with E-state index < -0.39 is 152 Å². The molecule has 0 radical (unpaired) electrons. The van der Waals surface area contributed by atoms with Crippen molar-refractivity contribution in [2.75, 3.05) is 13.2 Å². The first-order valence-corrected chi connectivity index (χ1v) is 37.3. The van der Waals surface area contributed by atoms with E-state index in [9.17, 15) is 55.5 Å². The van der Waals surface area contributed by atoms with Gasteiger partial charge in [-0.3, -0.25) is 4.79 Å². The highest BCUT2D eigenvalue weighted by Crippen LogP contribution is 2.76. The standard InChI is InChI=1S/C75H121NO19/c1-38(2)14-13-15-39(3)44-18-19-45-43-17-16-41-32-42(22-26-69(41,7)46(43)23-27-70(44,45)8)91-67(88)76-55-50(35-77)92-65(62(57(55)83)94-64-60(86)58(84)61(40(4)90-64)93-63-59(85)56(82)49(79)36-89-63)95-66(87)75-31-30-68(5,6)33-48(75)47-20-21-52-71(9)28-25-53(80)72(10,37-78)51(71)24-29-73(52,11)74(47,12)34-54(75)81/h20,37-46,48-65,77,79-86H,13-19,21-36H2,1-12H3,(H,76,88)/t39-,40?,41+,42+,43-,44?,45+,46?,48?,49-,50?,51-,52?,53+,54-,55+,56?,57?,58?,59?,60?,61+,62?,63+,64+,65+,69?,70?,71?,72?,73+,74-,75-/m1/s1. The molecule has 20 heteroatoms. The van der Waals surface area contributed by atoms with Gasteiger partial charge in [0.05, 0.1) is 43.0 Å². The number of aldehydes is 1. The number of amides is 1. The van der Waals surface area contributed by atoms with Gasteiger partial charge in [-0.2, -0.15) is 0 Å². The van der Waals surface area contributed by atoms with Crippen LogP contribution in [0.2, 0.25) is 0 Å². The Bertz CT molecular complexity index is 2810. The van der Waals surface area contributed by atoms with Crippen molar-refractivity contribution in [3.63, 3.8) is 0 Å². The zero-order chi connectivity index (χ0) is 68.7. The fourth-order valence-electron chi connectivity index (χ4n) is 24.5. The molecule has 0 aromatic rings. The van der Waals surface area contributed by atoms with Crippen molar-refractivity contribution in [3.05, 3.63) is 11.6 Å². The van der Waals surface area contributed by atoms with Crippen LogP contribution >= 0.6 is 0 Å². The van der Waals surface area contributed by atoms with Crippen molar-refractivity contribution in [2.45, 2.75) is 322 Å². The molecule has 8 saturated carbocycles. The number of carbonyl (C=O) groups excluding carboxylic acids is 3. The summed E-state index contributed by atoms with van der Waals surface area (Å²) in [6, 6.07) is -1.45. The van der Waals surface area contributed by atoms with Crippen LogP contribution in [0.15, 0.2) is 11.6 Å². The Kier molecular flexibility index (Phi) is 20.1. The van der Waals surface area contributed by atoms with Gasteiger partial charge in [-0.15, -0.1) is 0 Å². The van der Waals surface area contributed by atoms with E-state index >= 15 is 4.79 Å². The van der Waals surface area contributed by atoms with Crippen molar-refractivity contribution in [1.29, 1.82) is 0 Å². The Morgan fingerprint density at radius 3 is 2.08 bits per heavy atom. The quantitative estimate of drug-likeness (QED) is 0.0420. The molecule has 11 fully saturated rings. The maximum absolute atomic E-state index is 16.0. The van der Waals surface area contributed by atoms with Crippen LogP contribution in [0.1, 0.15) is 218 Å². The minimum Gasteiger partial charge on any atom is -0.446 e. The zero-order valence-electron chi connectivity index (χ0n) is 59.1. The minimum atomic E-state index is -1.95. The fourth-order valence-corrected chi connectivity index (χ4v) is 24.5. The number of esters is 1. The van der Waals surface area contributed by atoms with E-state index in [2.05, 4.69) is 80.6 Å². The molecular formula is C75H121NO19. The lowest BCUT2D eigenvalue weighted by Crippen LogP contribution is -2.69. The summed E-state index contributed by atoms with van der Waals surface area (Å²) in [6.45, 7) is 25.7. The predicted molar refractivity (Wildman–Crippen MR) is 349 cm³/mol. The highest BCUT2D eigenvalue weighted by atomic mass is 16.8. The van der Waals surface area contributed by atoms with E-state index in [0.29, 0.717) is 61.7 Å². The number of aliphatic hydroxyl groups excluding tert-OH is 9. The summed E-state index contributed by atoms with van der Waals surface area (Å²) in [5, 5.41) is 106. The van der Waals surface area contributed by atoms with Gasteiger partial charge in [-0.25, -0.2) is 4.79 Å². The molecule has 1 amide bonds. The lowest BCUT2D eigenvalue weighted by atomic mass is 9.33. The Morgan fingerprint density at radius 1 is 0.674 bits per heavy atom. The molecule has 3 heterocycles. The smallest absolute Gasteiger partial charge is 0.407 e. The highest BCUT2D eigenvalue weighted by molar-refractivity contribution is 5.80. The highest BCUT2D eigenvalue weighted by Gasteiger charge is 2.73. The van der Waals surface area contributed by atoms with E-state index in [1.54, 1.807) is 0 Å². The number of hydrogen-bond donors (Lipinski definition) is 10. The van der Waals surface area contributed by atoms with Gasteiger partial charge < -0.3 is 89.2 Å². The summed E-state index contributed by atoms with van der Waals surface area (Å²) in [5.74, 6) is 3.36. The topological polar surface area (TPSA) is 310 Å². The number of nitrogens with one attached hydrogen (secondary N) is 1. The second kappa shape index (κ2) is 26.4. The summed E-state index contributed by atoms with van der Waals surface area (Å²) in [6.07, 6.45) is -2.80. The third-order valence-corrected chi connectivity index (χ3v) is 30.3. The van der Waals surface area contributed by atoms with Gasteiger partial charge in [0.15, 0.2) is 18.7 Å². The molecule has 9 aliphatic carbocycles. The fraction of sp³-hybridized carbons (Fsp3) is 0.933. The van der Waals surface area contributed by atoms with Gasteiger partial charge in [0.2, 0.25) is 6.29 Å². The molecule has 0 bridgehead atoms. The Hall–Kier alpha value is -2.41. The maximum atomic E-state index is 16.0. The molecule has 3 saturated heterocycles. The number of alkyl carbamates (subject to hydrolysis) is 1. The van der Waals surface area contributed by atoms with E-state index in [1.165, 1.54) is 58.3 Å². The largest absolute Gasteiger partial charge is 0.446 e. The lowest BCUT2D eigenvalue weighted by molar-refractivity contribution is -0.370. The first-order valence-electron chi connectivity index (χ1n) is 37.3. The molecule has 12 rings (SSSR count). The molecule has 0 spiro atoms. The summed E-state index contributed by atoms with van der Waals surface area (Å²) in [7, 11) is 0. The molecule has 10 N–H and O–H groups in total. The first kappa shape index (κ1) is 72.4. The number of allylic oxidation sites excluding steroid dienone is 2. The van der Waals surface area contributed by atoms with Crippen LogP contribution in [0, 0.1) is 102 Å². The van der Waals surface area contributed by atoms with E-state index in [4.69, 9.17) is 33.2 Å². The van der Waals surface area contributed by atoms with E-state index in [1.807, 2.05) is 6.92 Å². The molecule has 33 atom stereocenters. The Labute approximate surface area is 564 Å². The van der Waals surface area contributed by atoms with Crippen LogP contribution in [-0.4, -0.2) is 182 Å². The number of rotatable bonds is 15. The Balaban J connectivity index is 0.782. The van der Waals surface area contributed by atoms with Crippen LogP contribution in [0.4, 0.5) is 4.79 Å². The average Bonchev–Trinajstić information content (AvgIpc) is 1.14. The van der Waals surface area contributed by atoms with Crippen LogP contribution < -0.4 is 5.32 Å². The lowest BCUT2D eigenvalue weighted by Gasteiger charge is -2.71. The number of ether oxygens (including phenoxy) is 7. The van der Waals surface area contributed by atoms with Gasteiger partial charge in [0.25, 0.3) is 0 Å². The number of hydrogen-bond acceptors (Lipinski definition) is 19. The molecule has 3 aliphatic heterocycles. The summed E-state index contributed by atoms with van der Waals surface area (Å²) in [5.41, 5.74) is -2.41. The molecule has 0 aromatic carbocycles. The first-order chi connectivity index (χ1) is 44.7. The molecule has 20 nitrogen and oxygen atoms in total. The van der Waals surface area contributed by atoms with Crippen molar-refractivity contribution >= 4 is 18.3 Å². The number of aliphatic hydroxyl groups is 9. The zero-order valence-corrected chi connectivity index (χ0v) is 59.1. The van der Waals surface area contributed by atoms with Crippen LogP contribution in [0.3, 0.4) is 0 Å². The summed E-state index contributed by atoms with van der Waals surface area (Å²) >= 11 is 0. The average molecular weight is 1340 g/mol. The molecule has 95 heavy (non-hydrogen) atoms. The molecular weight excluding hydrogens is 1220 g/mol. The van der Waals surface area contributed by atoms with Gasteiger partial charge in [0, 0.05) is 0 Å². The third-order valence-electron chi connectivity index (χ3n) is 30.3. The van der Waals surface area contributed by atoms with Gasteiger partial charge in [-0.05, 0) is 214 Å². The van der Waals surface area contributed by atoms with Crippen LogP contribution in [0.5, 0.6) is 0 Å². The van der Waals surface area contributed by atoms with Crippen LogP contribution in [-0.2, 0) is 42.7 Å². The van der Waals surface area contributed by atoms with Crippen molar-refractivity contribution in [1.82, 2.24) is 5.32 Å². The van der Waals surface area contributed by atoms with Crippen molar-refractivity contribution < 1.29 is 93.5 Å². The van der Waals surface area contributed by atoms with Crippen LogP contribution in [0.25, 0.3) is 0 Å². The molecule has 16 unspecified atom stereocenters. The third kappa shape index (κ3) is 11.9. The van der Waals surface area contributed by atoms with Crippen molar-refractivity contribution in [2.24, 2.45) is 102 Å². The predicted octanol–water partition coefficient (Wildman–Crippen LogP) is 8.18. The Morgan fingerprint density at radius 2 is 1.37 bits per heavy atom. The minimum absolute atomic E-state index is 0.0452. The second-order valence-electron chi connectivity index (χ2n) is 35.9. The normalized spacial score (nSPS) is 52.7. The molecule has 540 valence electrons. The maximum Gasteiger partial charge on any atom is 0.407 e. The monoisotopic (exact) mass is 1340 g/mol. The van der Waals surface area contributed by atoms with E-state index in [0.717, 1.165) is 67.6 Å². The SMILES string of the molecule is CC(C)CCC[C@@H](C)C1CC[C@H]2[C@H]3CC[C@H]4C[C@@H](OC(=O)N[C@H]5C(CO)O[C@@H](OC(=O)[C@]67CCC(C)(C)CC6C6=CCC8C9(C)CC[C@H](O)C(C)(C=O)[C@@H]9CC[C@]8(C)[C@]6(C)C[C@H]7O)C(O[C@@H]6OC(C)[C@H](O[C@@H]7OC[C@@H](O)C(O)C7O)C(O)C6O)C5O)CCC4(C)C3CCC12C. The number of fused-ring (bicyclic) bond motifs is 12. The molecule has 12 aliphatic rings. The second-order valence-corrected chi connectivity index (χ2v) is 35.9. The van der Waals surface area contributed by atoms with Gasteiger partial charge in [-0.1, -0.05) is 107 Å². The van der Waals surface area contributed by atoms with Crippen molar-refractivity contribution in [3.8, 4) is 0 Å². The summed E-state index contributed by atoms with van der Waals surface area (Å²) < 4.78 is 43.5. The number of carbonyl (C=O) groups is 3. The van der Waals surface area contributed by atoms with E-state index in [-0.39, 0.29) is 46.3 Å². The molecule has 0 aromatic heterocycles. The van der Waals surface area contributed by atoms with Gasteiger partial charge >= 0.3 is 12.1 Å². The van der Waals surface area contributed by atoms with Gasteiger partial charge in [0.1, 0.15) is 66.6 Å². The summed E-state index contributed by atoms with van der Waals surface area (Å²) in [4.78, 5) is 43.4.